The lowest BCUT2D eigenvalue weighted by atomic mass is 10.1. The fourth-order valence-electron chi connectivity index (χ4n) is 3.87. The molecule has 3 aromatic rings. The van der Waals surface area contributed by atoms with E-state index in [4.69, 9.17) is 9.47 Å². The van der Waals surface area contributed by atoms with Crippen LogP contribution in [0.3, 0.4) is 0 Å². The van der Waals surface area contributed by atoms with Gasteiger partial charge in [-0.1, -0.05) is 36.0 Å². The maximum absolute atomic E-state index is 14.4. The first-order valence-electron chi connectivity index (χ1n) is 12.4. The van der Waals surface area contributed by atoms with Gasteiger partial charge in [-0.3, -0.25) is 14.5 Å². The van der Waals surface area contributed by atoms with Gasteiger partial charge < -0.3 is 14.8 Å². The van der Waals surface area contributed by atoms with Gasteiger partial charge >= 0.3 is 5.97 Å². The molecular formula is C29H28FN3O5S. The third-order valence-electron chi connectivity index (χ3n) is 5.95. The molecule has 1 unspecified atom stereocenters. The van der Waals surface area contributed by atoms with Crippen LogP contribution in [-0.4, -0.2) is 53.4 Å². The molecule has 39 heavy (non-hydrogen) atoms. The minimum atomic E-state index is -0.773. The van der Waals surface area contributed by atoms with E-state index in [1.54, 1.807) is 50.4 Å². The highest BCUT2D eigenvalue weighted by Crippen LogP contribution is 2.31. The molecule has 202 valence electrons. The Balaban J connectivity index is 1.50. The van der Waals surface area contributed by atoms with Crippen molar-refractivity contribution in [1.82, 2.24) is 4.90 Å². The van der Waals surface area contributed by atoms with Gasteiger partial charge in [0.1, 0.15) is 22.5 Å². The first kappa shape index (κ1) is 27.8. The Morgan fingerprint density at radius 2 is 1.79 bits per heavy atom. The molecule has 4 rings (SSSR count). The summed E-state index contributed by atoms with van der Waals surface area (Å²) in [6.07, 6.45) is 0.493. The van der Waals surface area contributed by atoms with E-state index in [1.807, 2.05) is 24.3 Å². The number of amides is 2. The zero-order valence-electron chi connectivity index (χ0n) is 21.6. The second kappa shape index (κ2) is 13.1. The minimum absolute atomic E-state index is 0.0453. The van der Waals surface area contributed by atoms with Crippen molar-refractivity contribution >= 4 is 46.1 Å². The zero-order chi connectivity index (χ0) is 27.8. The smallest absolute Gasteiger partial charge is 0.338 e. The van der Waals surface area contributed by atoms with Gasteiger partial charge in [-0.05, 0) is 67.4 Å². The Labute approximate surface area is 230 Å². The average Bonchev–Trinajstić information content (AvgIpc) is 2.94. The van der Waals surface area contributed by atoms with Gasteiger partial charge in [-0.2, -0.15) is 0 Å². The van der Waals surface area contributed by atoms with Gasteiger partial charge in [0.15, 0.2) is 5.17 Å². The number of rotatable bonds is 9. The molecule has 0 bridgehead atoms. The van der Waals surface area contributed by atoms with Crippen molar-refractivity contribution in [3.8, 4) is 5.75 Å². The van der Waals surface area contributed by atoms with Crippen molar-refractivity contribution in [1.29, 1.82) is 0 Å². The maximum Gasteiger partial charge on any atom is 0.338 e. The van der Waals surface area contributed by atoms with E-state index in [-0.39, 0.29) is 29.8 Å². The van der Waals surface area contributed by atoms with Crippen molar-refractivity contribution < 1.29 is 28.2 Å². The number of carbonyl (C=O) groups is 3. The third kappa shape index (κ3) is 7.23. The van der Waals surface area contributed by atoms with Crippen LogP contribution in [0.15, 0.2) is 77.8 Å². The normalized spacial score (nSPS) is 16.2. The summed E-state index contributed by atoms with van der Waals surface area (Å²) >= 11 is 1.11. The summed E-state index contributed by atoms with van der Waals surface area (Å²) in [4.78, 5) is 44.2. The number of halogens is 1. The fraction of sp³-hybridized carbons (Fsp3) is 0.241. The Hall–Kier alpha value is -4.18. The number of para-hydroxylation sites is 1. The highest BCUT2D eigenvalue weighted by Gasteiger charge is 2.36. The third-order valence-corrected chi connectivity index (χ3v) is 7.14. The molecule has 2 amide bonds. The lowest BCUT2D eigenvalue weighted by Gasteiger charge is -2.32. The van der Waals surface area contributed by atoms with E-state index in [2.05, 4.69) is 10.3 Å². The molecule has 0 aromatic heterocycles. The van der Waals surface area contributed by atoms with Crippen LogP contribution in [0.4, 0.5) is 15.8 Å². The first-order chi connectivity index (χ1) is 18.9. The number of thioether (sulfide) groups is 1. The number of nitrogens with zero attached hydrogens (tertiary/aromatic N) is 2. The molecule has 0 spiro atoms. The standard InChI is InChI=1S/C29H28FN3O5S/c1-3-38-28(36)20-10-12-21(13-11-20)31-27(35)25-18-26(34)33(17-16-19-8-14-22(37-2)15-9-19)29(39-25)32-24-7-5-4-6-23(24)30/h4-15,25H,3,16-18H2,1-2H3,(H,31,35). The van der Waals surface area contributed by atoms with Crippen LogP contribution in [0.25, 0.3) is 0 Å². The number of ether oxygens (including phenoxy) is 2. The minimum Gasteiger partial charge on any atom is -0.497 e. The van der Waals surface area contributed by atoms with E-state index >= 15 is 0 Å². The topological polar surface area (TPSA) is 97.3 Å². The Morgan fingerprint density at radius 1 is 1.08 bits per heavy atom. The van der Waals surface area contributed by atoms with Crippen LogP contribution in [0.1, 0.15) is 29.3 Å². The summed E-state index contributed by atoms with van der Waals surface area (Å²) < 4.78 is 24.6. The molecule has 10 heteroatoms. The second-order valence-electron chi connectivity index (χ2n) is 8.59. The Bertz CT molecular complexity index is 1360. The van der Waals surface area contributed by atoms with Gasteiger partial charge in [0.05, 0.1) is 19.3 Å². The highest BCUT2D eigenvalue weighted by molar-refractivity contribution is 8.15. The largest absolute Gasteiger partial charge is 0.497 e. The van der Waals surface area contributed by atoms with Crippen molar-refractivity contribution in [2.45, 2.75) is 25.0 Å². The highest BCUT2D eigenvalue weighted by atomic mass is 32.2. The number of benzene rings is 3. The Morgan fingerprint density at radius 3 is 2.46 bits per heavy atom. The zero-order valence-corrected chi connectivity index (χ0v) is 22.4. The van der Waals surface area contributed by atoms with Gasteiger partial charge in [0.25, 0.3) is 0 Å². The average molecular weight is 550 g/mol. The van der Waals surface area contributed by atoms with Crippen LogP contribution in [0.5, 0.6) is 5.75 Å². The molecule has 1 aliphatic heterocycles. The molecule has 8 nitrogen and oxygen atoms in total. The van der Waals surface area contributed by atoms with Crippen molar-refractivity contribution in [3.63, 3.8) is 0 Å². The molecule has 1 atom stereocenters. The summed E-state index contributed by atoms with van der Waals surface area (Å²) in [5.74, 6) is -0.924. The predicted octanol–water partition coefficient (Wildman–Crippen LogP) is 5.21. The van der Waals surface area contributed by atoms with Gasteiger partial charge in [0.2, 0.25) is 11.8 Å². The number of aliphatic imine (C=N–C) groups is 1. The first-order valence-corrected chi connectivity index (χ1v) is 13.3. The van der Waals surface area contributed by atoms with Crippen LogP contribution < -0.4 is 10.1 Å². The molecule has 0 radical (unpaired) electrons. The maximum atomic E-state index is 14.4. The quantitative estimate of drug-likeness (QED) is 0.368. The lowest BCUT2D eigenvalue weighted by molar-refractivity contribution is -0.129. The number of hydrogen-bond acceptors (Lipinski definition) is 7. The fourth-order valence-corrected chi connectivity index (χ4v) is 4.98. The molecule has 1 fully saturated rings. The molecule has 1 heterocycles. The number of anilines is 1. The van der Waals surface area contributed by atoms with Gasteiger partial charge in [-0.15, -0.1) is 0 Å². The molecular weight excluding hydrogens is 521 g/mol. The number of nitrogens with one attached hydrogen (secondary N) is 1. The number of hydrogen-bond donors (Lipinski definition) is 1. The van der Waals surface area contributed by atoms with Crippen LogP contribution >= 0.6 is 11.8 Å². The van der Waals surface area contributed by atoms with Crippen LogP contribution in [-0.2, 0) is 20.7 Å². The van der Waals surface area contributed by atoms with Gasteiger partial charge in [0, 0.05) is 18.7 Å². The number of methoxy groups -OCH3 is 1. The number of carbonyl (C=O) groups excluding carboxylic acids is 3. The monoisotopic (exact) mass is 549 g/mol. The summed E-state index contributed by atoms with van der Waals surface area (Å²) in [5.41, 5.74) is 1.90. The molecule has 1 saturated heterocycles. The van der Waals surface area contributed by atoms with E-state index in [9.17, 15) is 18.8 Å². The molecule has 1 N–H and O–H groups in total. The summed E-state index contributed by atoms with van der Waals surface area (Å²) in [6, 6.07) is 19.8. The van der Waals surface area contributed by atoms with Crippen molar-refractivity contribution in [2.24, 2.45) is 4.99 Å². The van der Waals surface area contributed by atoms with E-state index in [0.717, 1.165) is 23.1 Å². The van der Waals surface area contributed by atoms with Crippen LogP contribution in [0.2, 0.25) is 0 Å². The molecule has 3 aromatic carbocycles. The molecule has 0 saturated carbocycles. The molecule has 1 aliphatic rings. The SMILES string of the molecule is CCOC(=O)c1ccc(NC(=O)C2CC(=O)N(CCc3ccc(OC)cc3)C(=Nc3ccccc3F)S2)cc1. The van der Waals surface area contributed by atoms with Crippen molar-refractivity contribution in [3.05, 3.63) is 89.7 Å². The number of amidine groups is 1. The summed E-state index contributed by atoms with van der Waals surface area (Å²) in [6.45, 7) is 2.30. The van der Waals surface area contributed by atoms with Gasteiger partial charge in [-0.25, -0.2) is 14.2 Å². The lowest BCUT2D eigenvalue weighted by Crippen LogP contribution is -2.46. The predicted molar refractivity (Wildman–Crippen MR) is 149 cm³/mol. The van der Waals surface area contributed by atoms with E-state index < -0.39 is 22.9 Å². The van der Waals surface area contributed by atoms with Crippen LogP contribution in [0, 0.1) is 5.82 Å². The van der Waals surface area contributed by atoms with Crippen molar-refractivity contribution in [2.75, 3.05) is 25.6 Å². The van der Waals surface area contributed by atoms with E-state index in [0.29, 0.717) is 24.2 Å². The molecule has 0 aliphatic carbocycles. The Kier molecular flexibility index (Phi) is 9.32. The summed E-state index contributed by atoms with van der Waals surface area (Å²) in [7, 11) is 1.59. The second-order valence-corrected chi connectivity index (χ2v) is 9.76. The summed E-state index contributed by atoms with van der Waals surface area (Å²) in [5, 5.41) is 2.27. The van der Waals surface area contributed by atoms with E-state index in [1.165, 1.54) is 17.0 Å². The number of esters is 1.